The van der Waals surface area contributed by atoms with Crippen LogP contribution in [0, 0.1) is 6.92 Å². The van der Waals surface area contributed by atoms with Crippen molar-refractivity contribution in [3.05, 3.63) is 191 Å². The Morgan fingerprint density at radius 2 is 1.43 bits per heavy atom. The Kier molecular flexibility index (Phi) is 13.9. The molecule has 4 unspecified atom stereocenters. The SMILES string of the molecule is Cc1ccc(S(=O)(=O)NC(Cc2ccccc2)C(=O)NCc2cccc(-c3ccc(C4OC(CSc5ccccc5C(=O)O)CC(c5ccc(CO)cc5)O4)cc3)c2)cc1. The minimum absolute atomic E-state index is 0.0577. The highest BCUT2D eigenvalue weighted by atomic mass is 32.2. The molecule has 1 heterocycles. The summed E-state index contributed by atoms with van der Waals surface area (Å²) in [5.74, 6) is -0.905. The van der Waals surface area contributed by atoms with Crippen molar-refractivity contribution in [3.63, 3.8) is 0 Å². The molecule has 6 aromatic rings. The summed E-state index contributed by atoms with van der Waals surface area (Å²) < 4.78 is 42.4. The van der Waals surface area contributed by atoms with E-state index >= 15 is 0 Å². The number of amides is 1. The minimum atomic E-state index is -3.98. The Morgan fingerprint density at radius 1 is 0.750 bits per heavy atom. The highest BCUT2D eigenvalue weighted by Crippen LogP contribution is 2.40. The summed E-state index contributed by atoms with van der Waals surface area (Å²) in [6.07, 6.45) is -0.509. The van der Waals surface area contributed by atoms with Crippen LogP contribution >= 0.6 is 11.8 Å². The number of aromatic carboxylic acids is 1. The number of aryl methyl sites for hydroxylation is 1. The molecular formula is C48H46N2O8S2. The van der Waals surface area contributed by atoms with Crippen LogP contribution in [-0.4, -0.2) is 48.4 Å². The van der Waals surface area contributed by atoms with Crippen LogP contribution in [0.25, 0.3) is 11.1 Å². The number of carbonyl (C=O) groups is 2. The molecule has 12 heteroatoms. The number of rotatable bonds is 16. The molecule has 4 N–H and O–H groups in total. The van der Waals surface area contributed by atoms with Gasteiger partial charge in [0.05, 0.1) is 29.3 Å². The lowest BCUT2D eigenvalue weighted by Gasteiger charge is -2.36. The lowest BCUT2D eigenvalue weighted by molar-refractivity contribution is -0.245. The van der Waals surface area contributed by atoms with E-state index in [-0.39, 0.29) is 42.2 Å². The minimum Gasteiger partial charge on any atom is -0.478 e. The molecule has 0 radical (unpaired) electrons. The Morgan fingerprint density at radius 3 is 2.15 bits per heavy atom. The largest absolute Gasteiger partial charge is 0.478 e. The zero-order valence-electron chi connectivity index (χ0n) is 32.9. The summed E-state index contributed by atoms with van der Waals surface area (Å²) in [6.45, 7) is 2.00. The fourth-order valence-corrected chi connectivity index (χ4v) is 9.25. The second-order valence-electron chi connectivity index (χ2n) is 14.7. The van der Waals surface area contributed by atoms with E-state index in [4.69, 9.17) is 9.47 Å². The number of ether oxygens (including phenoxy) is 2. The van der Waals surface area contributed by atoms with Gasteiger partial charge in [-0.15, -0.1) is 11.8 Å². The third kappa shape index (κ3) is 11.0. The van der Waals surface area contributed by atoms with Gasteiger partial charge in [0.1, 0.15) is 6.04 Å². The molecule has 4 atom stereocenters. The van der Waals surface area contributed by atoms with Gasteiger partial charge in [-0.05, 0) is 77.1 Å². The molecule has 0 bridgehead atoms. The van der Waals surface area contributed by atoms with Gasteiger partial charge in [0.25, 0.3) is 0 Å². The number of carboxylic acid groups (broad SMARTS) is 1. The fraction of sp³-hybridized carbons (Fsp3) is 0.208. The molecule has 1 saturated heterocycles. The zero-order valence-corrected chi connectivity index (χ0v) is 34.6. The first-order valence-corrected chi connectivity index (χ1v) is 22.1. The fourth-order valence-electron chi connectivity index (χ4n) is 6.99. The molecule has 308 valence electrons. The summed E-state index contributed by atoms with van der Waals surface area (Å²) in [5, 5.41) is 22.2. The van der Waals surface area contributed by atoms with Crippen molar-refractivity contribution in [2.24, 2.45) is 0 Å². The van der Waals surface area contributed by atoms with Crippen molar-refractivity contribution < 1.29 is 37.7 Å². The second kappa shape index (κ2) is 19.6. The van der Waals surface area contributed by atoms with Gasteiger partial charge in [0.15, 0.2) is 6.29 Å². The third-order valence-corrected chi connectivity index (χ3v) is 13.0. The molecule has 7 rings (SSSR count). The van der Waals surface area contributed by atoms with Gasteiger partial charge in [0.2, 0.25) is 15.9 Å². The van der Waals surface area contributed by atoms with Crippen LogP contribution in [0.2, 0.25) is 0 Å². The Balaban J connectivity index is 1.04. The first-order chi connectivity index (χ1) is 29.0. The quantitative estimate of drug-likeness (QED) is 0.0705. The van der Waals surface area contributed by atoms with Gasteiger partial charge in [-0.2, -0.15) is 4.72 Å². The molecule has 10 nitrogen and oxygen atoms in total. The van der Waals surface area contributed by atoms with Crippen LogP contribution in [-0.2, 0) is 43.9 Å². The second-order valence-corrected chi connectivity index (χ2v) is 17.5. The molecule has 1 amide bonds. The maximum atomic E-state index is 13.7. The molecule has 0 aromatic heterocycles. The van der Waals surface area contributed by atoms with E-state index in [0.29, 0.717) is 17.1 Å². The number of carbonyl (C=O) groups excluding carboxylic acids is 1. The molecule has 0 spiro atoms. The van der Waals surface area contributed by atoms with E-state index < -0.39 is 34.2 Å². The van der Waals surface area contributed by atoms with Gasteiger partial charge in [-0.1, -0.05) is 127 Å². The summed E-state index contributed by atoms with van der Waals surface area (Å²) >= 11 is 1.44. The molecule has 0 aliphatic carbocycles. The van der Waals surface area contributed by atoms with Gasteiger partial charge < -0.3 is 25.0 Å². The van der Waals surface area contributed by atoms with Crippen molar-refractivity contribution in [2.75, 3.05) is 5.75 Å². The standard InChI is InChI=1S/C48H46N2O8S2/c1-32-14-24-41(25-15-32)60(55,56)50-43(27-33-8-3-2-4-9-33)46(52)49-29-35-10-7-11-39(26-35)36-20-22-38(23-21-36)48-57-40(31-59-45-13-6-5-12-42(45)47(53)54)28-44(58-48)37-18-16-34(30-51)17-19-37/h2-26,40,43-44,48,50-51H,27-31H2,1H3,(H,49,52)(H,53,54). The van der Waals surface area contributed by atoms with Gasteiger partial charge in [0, 0.05) is 29.2 Å². The number of nitrogens with one attached hydrogen (secondary N) is 2. The average Bonchev–Trinajstić information content (AvgIpc) is 3.28. The lowest BCUT2D eigenvalue weighted by atomic mass is 9.99. The Hall–Kier alpha value is -5.60. The summed E-state index contributed by atoms with van der Waals surface area (Å²) in [4.78, 5) is 26.3. The van der Waals surface area contributed by atoms with E-state index in [0.717, 1.165) is 44.5 Å². The van der Waals surface area contributed by atoms with Gasteiger partial charge in [-0.3, -0.25) is 4.79 Å². The van der Waals surface area contributed by atoms with Crippen molar-refractivity contribution in [1.82, 2.24) is 10.0 Å². The topological polar surface area (TPSA) is 151 Å². The maximum Gasteiger partial charge on any atom is 0.336 e. The first-order valence-electron chi connectivity index (χ1n) is 19.6. The molecule has 1 aliphatic rings. The number of thioether (sulfide) groups is 1. The predicted octanol–water partition coefficient (Wildman–Crippen LogP) is 8.40. The first kappa shape index (κ1) is 42.5. The maximum absolute atomic E-state index is 13.7. The van der Waals surface area contributed by atoms with Crippen molar-refractivity contribution in [3.8, 4) is 11.1 Å². The van der Waals surface area contributed by atoms with Crippen molar-refractivity contribution in [1.29, 1.82) is 0 Å². The number of hydrogen-bond donors (Lipinski definition) is 4. The zero-order chi connectivity index (χ0) is 42.1. The molecule has 1 aliphatic heterocycles. The average molecular weight is 843 g/mol. The molecule has 60 heavy (non-hydrogen) atoms. The summed E-state index contributed by atoms with van der Waals surface area (Å²) in [7, 11) is -3.98. The van der Waals surface area contributed by atoms with Crippen molar-refractivity contribution in [2.45, 2.75) is 67.2 Å². The lowest BCUT2D eigenvalue weighted by Crippen LogP contribution is -2.47. The van der Waals surface area contributed by atoms with Crippen molar-refractivity contribution >= 4 is 33.7 Å². The molecule has 0 saturated carbocycles. The van der Waals surface area contributed by atoms with Gasteiger partial charge in [-0.25, -0.2) is 13.2 Å². The summed E-state index contributed by atoms with van der Waals surface area (Å²) in [6, 6.07) is 45.0. The number of aliphatic hydroxyl groups is 1. The third-order valence-electron chi connectivity index (χ3n) is 10.3. The van der Waals surface area contributed by atoms with Gasteiger partial charge >= 0.3 is 5.97 Å². The molecular weight excluding hydrogens is 797 g/mol. The summed E-state index contributed by atoms with van der Waals surface area (Å²) in [5.41, 5.74) is 7.27. The van der Waals surface area contributed by atoms with E-state index in [1.165, 1.54) is 23.9 Å². The normalized spacial score (nSPS) is 17.1. The number of aliphatic hydroxyl groups excluding tert-OH is 1. The highest BCUT2D eigenvalue weighted by molar-refractivity contribution is 7.99. The molecule has 6 aromatic carbocycles. The van der Waals surface area contributed by atoms with Crippen LogP contribution in [0.1, 0.15) is 62.6 Å². The van der Waals surface area contributed by atoms with E-state index in [1.807, 2.05) is 116 Å². The van der Waals surface area contributed by atoms with Crippen LogP contribution in [0.3, 0.4) is 0 Å². The number of carboxylic acids is 1. The van der Waals surface area contributed by atoms with E-state index in [9.17, 15) is 28.2 Å². The van der Waals surface area contributed by atoms with E-state index in [1.54, 1.807) is 30.3 Å². The monoisotopic (exact) mass is 842 g/mol. The number of sulfonamides is 1. The van der Waals surface area contributed by atoms with Crippen LogP contribution < -0.4 is 10.0 Å². The van der Waals surface area contributed by atoms with E-state index in [2.05, 4.69) is 10.0 Å². The molecule has 1 fully saturated rings. The Labute approximate surface area is 354 Å². The number of hydrogen-bond acceptors (Lipinski definition) is 8. The Bertz CT molecular complexity index is 2500. The predicted molar refractivity (Wildman–Crippen MR) is 232 cm³/mol. The number of benzene rings is 6. The highest BCUT2D eigenvalue weighted by Gasteiger charge is 2.33. The smallest absolute Gasteiger partial charge is 0.336 e. The van der Waals surface area contributed by atoms with Crippen LogP contribution in [0.4, 0.5) is 0 Å². The van der Waals surface area contributed by atoms with Crippen LogP contribution in [0.15, 0.2) is 161 Å². The van der Waals surface area contributed by atoms with Crippen LogP contribution in [0.5, 0.6) is 0 Å².